The molecule has 1 aliphatic carbocycles. The van der Waals surface area contributed by atoms with Crippen LogP contribution in [-0.2, 0) is 23.9 Å². The minimum absolute atomic E-state index is 0.287. The summed E-state index contributed by atoms with van der Waals surface area (Å²) in [6.07, 6.45) is 1.01. The predicted octanol–water partition coefficient (Wildman–Crippen LogP) is 2.44. The standard InChI is InChI=1S/C17H19BrClNO5/c1-24-12(21)10-20(17(8-9-17)14(19)16(23)25-2)15(22)13(18)11-6-4-3-5-7-11/h3-7,13-14H,8-10H2,1-2H3. The van der Waals surface area contributed by atoms with E-state index in [1.807, 2.05) is 18.2 Å². The molecule has 0 radical (unpaired) electrons. The van der Waals surface area contributed by atoms with Crippen LogP contribution in [0.2, 0.25) is 0 Å². The van der Waals surface area contributed by atoms with E-state index >= 15 is 0 Å². The molecular formula is C17H19BrClNO5. The van der Waals surface area contributed by atoms with Gasteiger partial charge in [-0.15, -0.1) is 11.6 Å². The summed E-state index contributed by atoms with van der Waals surface area (Å²) >= 11 is 9.65. The number of methoxy groups -OCH3 is 2. The number of carbonyl (C=O) groups is 3. The first kappa shape index (κ1) is 19.7. The molecule has 0 aromatic heterocycles. The summed E-state index contributed by atoms with van der Waals surface area (Å²) in [5.74, 6) is -1.57. The lowest BCUT2D eigenvalue weighted by Crippen LogP contribution is -2.53. The van der Waals surface area contributed by atoms with Crippen LogP contribution in [0.25, 0.3) is 0 Å². The van der Waals surface area contributed by atoms with Crippen molar-refractivity contribution in [3.8, 4) is 0 Å². The molecule has 2 rings (SSSR count). The Bertz CT molecular complexity index is 650. The summed E-state index contributed by atoms with van der Waals surface area (Å²) < 4.78 is 9.41. The molecule has 1 aromatic rings. The van der Waals surface area contributed by atoms with Crippen molar-refractivity contribution in [2.75, 3.05) is 20.8 Å². The molecule has 2 unspecified atom stereocenters. The Balaban J connectivity index is 2.31. The van der Waals surface area contributed by atoms with Gasteiger partial charge in [-0.25, -0.2) is 0 Å². The first-order chi connectivity index (χ1) is 11.9. The van der Waals surface area contributed by atoms with Gasteiger partial charge in [0.15, 0.2) is 5.38 Å². The average molecular weight is 433 g/mol. The van der Waals surface area contributed by atoms with Crippen LogP contribution in [0.4, 0.5) is 0 Å². The number of halogens is 2. The molecule has 136 valence electrons. The van der Waals surface area contributed by atoms with E-state index in [1.165, 1.54) is 19.1 Å². The highest BCUT2D eigenvalue weighted by molar-refractivity contribution is 9.09. The number of amides is 1. The van der Waals surface area contributed by atoms with Gasteiger partial charge >= 0.3 is 11.9 Å². The van der Waals surface area contributed by atoms with Crippen LogP contribution in [-0.4, -0.2) is 54.4 Å². The van der Waals surface area contributed by atoms with Crippen molar-refractivity contribution in [3.05, 3.63) is 35.9 Å². The molecule has 1 aliphatic rings. The fourth-order valence-corrected chi connectivity index (χ4v) is 3.64. The van der Waals surface area contributed by atoms with Gasteiger partial charge in [0.1, 0.15) is 11.4 Å². The lowest BCUT2D eigenvalue weighted by molar-refractivity contribution is -0.151. The Hall–Kier alpha value is -1.60. The maximum atomic E-state index is 13.1. The second-order valence-electron chi connectivity index (χ2n) is 5.76. The van der Waals surface area contributed by atoms with Gasteiger partial charge in [-0.3, -0.25) is 14.4 Å². The molecule has 1 aromatic carbocycles. The van der Waals surface area contributed by atoms with Gasteiger partial charge in [-0.1, -0.05) is 46.3 Å². The van der Waals surface area contributed by atoms with Crippen molar-refractivity contribution in [1.82, 2.24) is 4.90 Å². The smallest absolute Gasteiger partial charge is 0.326 e. The zero-order valence-corrected chi connectivity index (χ0v) is 16.2. The Morgan fingerprint density at radius 2 is 1.80 bits per heavy atom. The van der Waals surface area contributed by atoms with E-state index in [-0.39, 0.29) is 12.5 Å². The Labute approximate surface area is 159 Å². The number of nitrogens with zero attached hydrogens (tertiary/aromatic N) is 1. The van der Waals surface area contributed by atoms with Gasteiger partial charge in [0.25, 0.3) is 0 Å². The highest BCUT2D eigenvalue weighted by Crippen LogP contribution is 2.48. The molecule has 0 bridgehead atoms. The van der Waals surface area contributed by atoms with E-state index in [1.54, 1.807) is 12.1 Å². The van der Waals surface area contributed by atoms with Crippen molar-refractivity contribution < 1.29 is 23.9 Å². The molecule has 2 atom stereocenters. The molecule has 8 heteroatoms. The maximum absolute atomic E-state index is 13.1. The molecule has 0 N–H and O–H groups in total. The Morgan fingerprint density at radius 1 is 1.20 bits per heavy atom. The van der Waals surface area contributed by atoms with Crippen molar-refractivity contribution in [2.45, 2.75) is 28.6 Å². The van der Waals surface area contributed by atoms with Gasteiger partial charge in [0.05, 0.1) is 19.8 Å². The zero-order chi connectivity index (χ0) is 18.6. The number of carbonyl (C=O) groups excluding carboxylic acids is 3. The normalized spacial score (nSPS) is 17.1. The molecule has 0 aliphatic heterocycles. The lowest BCUT2D eigenvalue weighted by atomic mass is 10.1. The van der Waals surface area contributed by atoms with Crippen LogP contribution in [0.1, 0.15) is 23.2 Å². The van der Waals surface area contributed by atoms with Crippen LogP contribution in [0.15, 0.2) is 30.3 Å². The van der Waals surface area contributed by atoms with Gasteiger partial charge in [-0.05, 0) is 18.4 Å². The summed E-state index contributed by atoms with van der Waals surface area (Å²) in [7, 11) is 2.48. The van der Waals surface area contributed by atoms with Gasteiger partial charge in [0.2, 0.25) is 5.91 Å². The van der Waals surface area contributed by atoms with E-state index in [0.717, 1.165) is 5.56 Å². The number of benzene rings is 1. The molecule has 0 spiro atoms. The molecule has 25 heavy (non-hydrogen) atoms. The van der Waals surface area contributed by atoms with Crippen LogP contribution in [0, 0.1) is 0 Å². The predicted molar refractivity (Wildman–Crippen MR) is 95.5 cm³/mol. The molecule has 0 heterocycles. The second kappa shape index (κ2) is 8.19. The third-order valence-electron chi connectivity index (χ3n) is 4.27. The van der Waals surface area contributed by atoms with E-state index in [2.05, 4.69) is 15.9 Å². The average Bonchev–Trinajstić information content (AvgIpc) is 3.45. The largest absolute Gasteiger partial charge is 0.468 e. The summed E-state index contributed by atoms with van der Waals surface area (Å²) in [4.78, 5) is 37.5. The first-order valence-corrected chi connectivity index (χ1v) is 9.02. The van der Waals surface area contributed by atoms with Crippen LogP contribution < -0.4 is 0 Å². The molecule has 1 fully saturated rings. The molecule has 0 saturated heterocycles. The third kappa shape index (κ3) is 4.15. The van der Waals surface area contributed by atoms with E-state index in [4.69, 9.17) is 21.1 Å². The second-order valence-corrected chi connectivity index (χ2v) is 7.12. The zero-order valence-electron chi connectivity index (χ0n) is 13.9. The lowest BCUT2D eigenvalue weighted by Gasteiger charge is -2.34. The molecular weight excluding hydrogens is 414 g/mol. The highest BCUT2D eigenvalue weighted by atomic mass is 79.9. The van der Waals surface area contributed by atoms with Crippen molar-refractivity contribution in [3.63, 3.8) is 0 Å². The Morgan fingerprint density at radius 3 is 2.28 bits per heavy atom. The number of rotatable bonds is 7. The van der Waals surface area contributed by atoms with Gasteiger partial charge in [-0.2, -0.15) is 0 Å². The topological polar surface area (TPSA) is 72.9 Å². The van der Waals surface area contributed by atoms with Crippen LogP contribution in [0.3, 0.4) is 0 Å². The monoisotopic (exact) mass is 431 g/mol. The fourth-order valence-electron chi connectivity index (χ4n) is 2.66. The summed E-state index contributed by atoms with van der Waals surface area (Å²) in [5, 5.41) is -1.05. The number of hydrogen-bond donors (Lipinski definition) is 0. The first-order valence-electron chi connectivity index (χ1n) is 7.66. The molecule has 1 amide bonds. The van der Waals surface area contributed by atoms with Crippen LogP contribution in [0.5, 0.6) is 0 Å². The van der Waals surface area contributed by atoms with E-state index < -0.39 is 27.7 Å². The van der Waals surface area contributed by atoms with Crippen molar-refractivity contribution >= 4 is 45.4 Å². The Kier molecular flexibility index (Phi) is 6.46. The molecule has 1 saturated carbocycles. The minimum atomic E-state index is -1.05. The number of hydrogen-bond acceptors (Lipinski definition) is 5. The minimum Gasteiger partial charge on any atom is -0.468 e. The number of alkyl halides is 2. The highest BCUT2D eigenvalue weighted by Gasteiger charge is 2.59. The van der Waals surface area contributed by atoms with Crippen molar-refractivity contribution in [1.29, 1.82) is 0 Å². The number of esters is 2. The third-order valence-corrected chi connectivity index (χ3v) is 5.77. The molecule has 6 nitrogen and oxygen atoms in total. The van der Waals surface area contributed by atoms with Crippen LogP contribution >= 0.6 is 27.5 Å². The SMILES string of the molecule is COC(=O)CN(C(=O)C(Br)c1ccccc1)C1(C(Cl)C(=O)OC)CC1. The van der Waals surface area contributed by atoms with E-state index in [9.17, 15) is 14.4 Å². The quantitative estimate of drug-likeness (QED) is 0.489. The summed E-state index contributed by atoms with van der Waals surface area (Å²) in [6.45, 7) is -0.287. The fraction of sp³-hybridized carbons (Fsp3) is 0.471. The summed E-state index contributed by atoms with van der Waals surface area (Å²) in [6, 6.07) is 9.06. The maximum Gasteiger partial charge on any atom is 0.326 e. The number of ether oxygens (including phenoxy) is 2. The van der Waals surface area contributed by atoms with Gasteiger partial charge in [0, 0.05) is 0 Å². The van der Waals surface area contributed by atoms with Gasteiger partial charge < -0.3 is 14.4 Å². The van der Waals surface area contributed by atoms with E-state index in [0.29, 0.717) is 12.8 Å². The summed E-state index contributed by atoms with van der Waals surface area (Å²) in [5.41, 5.74) is -0.205. The van der Waals surface area contributed by atoms with Crippen molar-refractivity contribution in [2.24, 2.45) is 0 Å².